The molecule has 1 aliphatic heterocycles. The van der Waals surface area contributed by atoms with E-state index in [4.69, 9.17) is 0 Å². The molecule has 100 valence electrons. The quantitative estimate of drug-likeness (QED) is 0.886. The molecule has 2 rings (SSSR count). The van der Waals surface area contributed by atoms with Crippen LogP contribution >= 0.6 is 11.8 Å². The number of nitrogens with one attached hydrogen (secondary N) is 1. The third-order valence-electron chi connectivity index (χ3n) is 3.41. The molecule has 0 saturated carbocycles. The van der Waals surface area contributed by atoms with Gasteiger partial charge in [0.2, 0.25) is 0 Å². The first kappa shape index (κ1) is 13.5. The van der Waals surface area contributed by atoms with Crippen LogP contribution in [0.5, 0.6) is 0 Å². The Bertz CT molecular complexity index is 391. The van der Waals surface area contributed by atoms with E-state index >= 15 is 0 Å². The summed E-state index contributed by atoms with van der Waals surface area (Å²) in [6, 6.07) is 0.615. The van der Waals surface area contributed by atoms with Crippen molar-refractivity contribution in [3.05, 3.63) is 11.9 Å². The smallest absolute Gasteiger partial charge is 0.137 e. The molecule has 18 heavy (non-hydrogen) atoms. The molecule has 0 aliphatic carbocycles. The molecule has 0 aromatic carbocycles. The molecular formula is C13H22N4S. The van der Waals surface area contributed by atoms with Gasteiger partial charge in [0, 0.05) is 31.0 Å². The molecule has 4 nitrogen and oxygen atoms in total. The lowest BCUT2D eigenvalue weighted by molar-refractivity contribution is 0.686. The van der Waals surface area contributed by atoms with Crippen LogP contribution in [-0.2, 0) is 6.42 Å². The first-order chi connectivity index (χ1) is 8.77. The predicted molar refractivity (Wildman–Crippen MR) is 79.7 cm³/mol. The molecule has 1 fully saturated rings. The van der Waals surface area contributed by atoms with Crippen LogP contribution in [-0.4, -0.2) is 41.1 Å². The van der Waals surface area contributed by atoms with Crippen LogP contribution in [0.3, 0.4) is 0 Å². The average molecular weight is 266 g/mol. The van der Waals surface area contributed by atoms with Crippen molar-refractivity contribution in [3.8, 4) is 0 Å². The Morgan fingerprint density at radius 2 is 2.28 bits per heavy atom. The molecule has 1 saturated heterocycles. The summed E-state index contributed by atoms with van der Waals surface area (Å²) >= 11 is 2.03. The van der Waals surface area contributed by atoms with Crippen LogP contribution in [0.2, 0.25) is 0 Å². The lowest BCUT2D eigenvalue weighted by Gasteiger charge is -2.27. The number of rotatable bonds is 5. The number of nitrogens with zero attached hydrogens (tertiary/aromatic N) is 3. The minimum absolute atomic E-state index is 0.615. The monoisotopic (exact) mass is 266 g/mol. The average Bonchev–Trinajstić information content (AvgIpc) is 2.92. The van der Waals surface area contributed by atoms with Gasteiger partial charge in [-0.1, -0.05) is 6.92 Å². The van der Waals surface area contributed by atoms with Crippen molar-refractivity contribution in [2.45, 2.75) is 32.7 Å². The van der Waals surface area contributed by atoms with Crippen LogP contribution in [0.15, 0.2) is 6.33 Å². The van der Waals surface area contributed by atoms with Gasteiger partial charge in [0.25, 0.3) is 0 Å². The van der Waals surface area contributed by atoms with Crippen molar-refractivity contribution in [1.29, 1.82) is 0 Å². The molecule has 0 bridgehead atoms. The Labute approximate surface area is 114 Å². The van der Waals surface area contributed by atoms with Crippen LogP contribution in [0.1, 0.15) is 25.8 Å². The second-order valence-electron chi connectivity index (χ2n) is 4.54. The van der Waals surface area contributed by atoms with E-state index < -0.39 is 0 Å². The second kappa shape index (κ2) is 6.27. The summed E-state index contributed by atoms with van der Waals surface area (Å²) in [5.41, 5.74) is 1.23. The van der Waals surface area contributed by atoms with Gasteiger partial charge in [0.05, 0.1) is 0 Å². The highest BCUT2D eigenvalue weighted by molar-refractivity contribution is 7.99. The standard InChI is InChI=1S/C13H22N4S/c1-4-11-12(14-5-2)15-9-16-13(11)17(3)10-6-7-18-8-10/h9-10H,4-8H2,1-3H3,(H,14,15,16). The third kappa shape index (κ3) is 2.71. The van der Waals surface area contributed by atoms with Crippen molar-refractivity contribution in [3.63, 3.8) is 0 Å². The maximum absolute atomic E-state index is 4.50. The van der Waals surface area contributed by atoms with E-state index in [1.807, 2.05) is 11.8 Å². The van der Waals surface area contributed by atoms with Gasteiger partial charge in [-0.3, -0.25) is 0 Å². The highest BCUT2D eigenvalue weighted by Gasteiger charge is 2.23. The normalized spacial score (nSPS) is 18.9. The minimum Gasteiger partial charge on any atom is -0.370 e. The van der Waals surface area contributed by atoms with Crippen molar-refractivity contribution < 1.29 is 0 Å². The van der Waals surface area contributed by atoms with Crippen molar-refractivity contribution in [2.75, 3.05) is 35.3 Å². The lowest BCUT2D eigenvalue weighted by atomic mass is 10.1. The zero-order valence-electron chi connectivity index (χ0n) is 11.4. The molecular weight excluding hydrogens is 244 g/mol. The Hall–Kier alpha value is -0.970. The number of hydrogen-bond acceptors (Lipinski definition) is 5. The van der Waals surface area contributed by atoms with Gasteiger partial charge in [0.1, 0.15) is 18.0 Å². The maximum Gasteiger partial charge on any atom is 0.137 e. The summed E-state index contributed by atoms with van der Waals surface area (Å²) in [5, 5.41) is 3.33. The summed E-state index contributed by atoms with van der Waals surface area (Å²) in [5.74, 6) is 4.56. The van der Waals surface area contributed by atoms with Gasteiger partial charge in [-0.05, 0) is 25.5 Å². The second-order valence-corrected chi connectivity index (χ2v) is 5.69. The molecule has 1 N–H and O–H groups in total. The summed E-state index contributed by atoms with van der Waals surface area (Å²) in [6.07, 6.45) is 3.89. The van der Waals surface area contributed by atoms with E-state index in [2.05, 4.69) is 41.1 Å². The van der Waals surface area contributed by atoms with Crippen LogP contribution in [0.25, 0.3) is 0 Å². The molecule has 1 aromatic heterocycles. The van der Waals surface area contributed by atoms with Gasteiger partial charge < -0.3 is 10.2 Å². The Morgan fingerprint density at radius 3 is 2.89 bits per heavy atom. The molecule has 1 unspecified atom stereocenters. The van der Waals surface area contributed by atoms with Gasteiger partial charge in [-0.15, -0.1) is 0 Å². The topological polar surface area (TPSA) is 41.1 Å². The molecule has 2 heterocycles. The number of aromatic nitrogens is 2. The van der Waals surface area contributed by atoms with E-state index in [0.29, 0.717) is 6.04 Å². The number of hydrogen-bond donors (Lipinski definition) is 1. The first-order valence-electron chi connectivity index (χ1n) is 6.66. The summed E-state index contributed by atoms with van der Waals surface area (Å²) in [4.78, 5) is 11.2. The molecule has 1 atom stereocenters. The van der Waals surface area contributed by atoms with Gasteiger partial charge in [0.15, 0.2) is 0 Å². The van der Waals surface area contributed by atoms with E-state index in [1.165, 1.54) is 23.5 Å². The van der Waals surface area contributed by atoms with Crippen LogP contribution < -0.4 is 10.2 Å². The summed E-state index contributed by atoms with van der Waals surface area (Å²) in [6.45, 7) is 5.16. The van der Waals surface area contributed by atoms with Crippen LogP contribution in [0, 0.1) is 0 Å². The zero-order chi connectivity index (χ0) is 13.0. The third-order valence-corrected chi connectivity index (χ3v) is 4.55. The predicted octanol–water partition coefficient (Wildman–Crippen LogP) is 2.41. The van der Waals surface area contributed by atoms with E-state index in [-0.39, 0.29) is 0 Å². The summed E-state index contributed by atoms with van der Waals surface area (Å²) in [7, 11) is 2.16. The first-order valence-corrected chi connectivity index (χ1v) is 7.81. The Kier molecular flexibility index (Phi) is 4.69. The lowest BCUT2D eigenvalue weighted by Crippen LogP contribution is -2.33. The minimum atomic E-state index is 0.615. The van der Waals surface area contributed by atoms with Crippen molar-refractivity contribution in [1.82, 2.24) is 9.97 Å². The van der Waals surface area contributed by atoms with E-state index in [1.54, 1.807) is 6.33 Å². The molecule has 5 heteroatoms. The zero-order valence-corrected chi connectivity index (χ0v) is 12.3. The summed E-state index contributed by atoms with van der Waals surface area (Å²) < 4.78 is 0. The molecule has 0 radical (unpaired) electrons. The van der Waals surface area contributed by atoms with Gasteiger partial charge in [-0.2, -0.15) is 11.8 Å². The molecule has 1 aromatic rings. The van der Waals surface area contributed by atoms with Gasteiger partial charge >= 0.3 is 0 Å². The Balaban J connectivity index is 2.27. The molecule has 0 spiro atoms. The fourth-order valence-corrected chi connectivity index (χ4v) is 3.62. The largest absolute Gasteiger partial charge is 0.370 e. The van der Waals surface area contributed by atoms with E-state index in [9.17, 15) is 0 Å². The fourth-order valence-electron chi connectivity index (χ4n) is 2.35. The Morgan fingerprint density at radius 1 is 1.44 bits per heavy atom. The fraction of sp³-hybridized carbons (Fsp3) is 0.692. The van der Waals surface area contributed by atoms with Crippen LogP contribution in [0.4, 0.5) is 11.6 Å². The molecule has 0 amide bonds. The molecule has 1 aliphatic rings. The van der Waals surface area contributed by atoms with Crippen molar-refractivity contribution >= 4 is 23.4 Å². The number of anilines is 2. The van der Waals surface area contributed by atoms with Gasteiger partial charge in [-0.25, -0.2) is 9.97 Å². The number of thioether (sulfide) groups is 1. The SMILES string of the molecule is CCNc1ncnc(N(C)C2CCSC2)c1CC. The van der Waals surface area contributed by atoms with E-state index in [0.717, 1.165) is 24.6 Å². The maximum atomic E-state index is 4.50. The highest BCUT2D eigenvalue weighted by atomic mass is 32.2. The highest BCUT2D eigenvalue weighted by Crippen LogP contribution is 2.29. The van der Waals surface area contributed by atoms with Crippen molar-refractivity contribution in [2.24, 2.45) is 0 Å².